The molecule has 3 aromatic rings. The van der Waals surface area contributed by atoms with Crippen molar-refractivity contribution in [2.45, 2.75) is 6.18 Å². The van der Waals surface area contributed by atoms with E-state index in [1.807, 2.05) is 0 Å². The fourth-order valence-corrected chi connectivity index (χ4v) is 3.00. The van der Waals surface area contributed by atoms with Crippen molar-refractivity contribution < 1.29 is 39.3 Å². The van der Waals surface area contributed by atoms with Gasteiger partial charge in [-0.05, 0) is 42.5 Å². The van der Waals surface area contributed by atoms with Crippen molar-refractivity contribution in [3.8, 4) is 17.0 Å². The third-order valence-electron chi connectivity index (χ3n) is 3.60. The molecule has 2 amide bonds. The van der Waals surface area contributed by atoms with Crippen LogP contribution in [0.15, 0.2) is 54.6 Å². The SMILES string of the molecule is O=C(Nc1nc(-c2ccc(F)cc2)cc(C(F)(F)F)n1)NS(=O)(=O)Oc1cccc(F)c1. The zero-order chi connectivity index (χ0) is 23.5. The smallest absolute Gasteiger partial charge is 0.367 e. The third-order valence-corrected chi connectivity index (χ3v) is 4.45. The topological polar surface area (TPSA) is 110 Å². The number of hydrogen-bond donors (Lipinski definition) is 2. The second kappa shape index (κ2) is 8.74. The molecule has 14 heteroatoms. The second-order valence-corrected chi connectivity index (χ2v) is 7.30. The molecule has 0 unspecified atom stereocenters. The monoisotopic (exact) mass is 474 g/mol. The summed E-state index contributed by atoms with van der Waals surface area (Å²) in [4.78, 5) is 18.8. The van der Waals surface area contributed by atoms with E-state index in [1.165, 1.54) is 4.72 Å². The summed E-state index contributed by atoms with van der Waals surface area (Å²) in [7, 11) is -4.82. The highest BCUT2D eigenvalue weighted by atomic mass is 32.2. The summed E-state index contributed by atoms with van der Waals surface area (Å²) in [5.74, 6) is -2.80. The first kappa shape index (κ1) is 22.9. The van der Waals surface area contributed by atoms with Crippen molar-refractivity contribution in [3.63, 3.8) is 0 Å². The van der Waals surface area contributed by atoms with Crippen LogP contribution in [0.4, 0.5) is 32.7 Å². The number of nitrogens with zero attached hydrogens (tertiary/aromatic N) is 2. The Morgan fingerprint density at radius 3 is 2.25 bits per heavy atom. The minimum atomic E-state index is -4.93. The molecule has 1 aromatic heterocycles. The van der Waals surface area contributed by atoms with E-state index in [2.05, 4.69) is 14.2 Å². The number of urea groups is 1. The van der Waals surface area contributed by atoms with Gasteiger partial charge in [-0.15, -0.1) is 0 Å². The zero-order valence-electron chi connectivity index (χ0n) is 15.5. The average Bonchev–Trinajstić information content (AvgIpc) is 2.66. The first-order valence-corrected chi connectivity index (χ1v) is 9.83. The van der Waals surface area contributed by atoms with E-state index in [0.717, 1.165) is 48.5 Å². The Morgan fingerprint density at radius 2 is 1.62 bits per heavy atom. The van der Waals surface area contributed by atoms with Crippen LogP contribution >= 0.6 is 0 Å². The number of carbonyl (C=O) groups excluding carboxylic acids is 1. The van der Waals surface area contributed by atoms with Crippen molar-refractivity contribution >= 4 is 22.3 Å². The predicted molar refractivity (Wildman–Crippen MR) is 101 cm³/mol. The van der Waals surface area contributed by atoms with Gasteiger partial charge >= 0.3 is 22.5 Å². The van der Waals surface area contributed by atoms with Gasteiger partial charge < -0.3 is 4.18 Å². The molecule has 0 aliphatic rings. The van der Waals surface area contributed by atoms with E-state index in [-0.39, 0.29) is 11.3 Å². The number of anilines is 1. The van der Waals surface area contributed by atoms with Crippen molar-refractivity contribution in [1.82, 2.24) is 14.7 Å². The highest BCUT2D eigenvalue weighted by molar-refractivity contribution is 7.85. The second-order valence-electron chi connectivity index (χ2n) is 6.02. The summed E-state index contributed by atoms with van der Waals surface area (Å²) in [6.45, 7) is 0. The molecule has 0 spiro atoms. The summed E-state index contributed by atoms with van der Waals surface area (Å²) in [5.41, 5.74) is -1.69. The Balaban J connectivity index is 1.83. The highest BCUT2D eigenvalue weighted by Crippen LogP contribution is 2.31. The van der Waals surface area contributed by atoms with E-state index in [4.69, 9.17) is 0 Å². The minimum Gasteiger partial charge on any atom is -0.367 e. The molecule has 0 atom stereocenters. The van der Waals surface area contributed by atoms with E-state index in [0.29, 0.717) is 6.07 Å². The van der Waals surface area contributed by atoms with Crippen LogP contribution in [0.5, 0.6) is 5.75 Å². The van der Waals surface area contributed by atoms with Crippen molar-refractivity contribution in [1.29, 1.82) is 0 Å². The number of amides is 2. The van der Waals surface area contributed by atoms with Gasteiger partial charge in [0.1, 0.15) is 17.4 Å². The maximum absolute atomic E-state index is 13.2. The van der Waals surface area contributed by atoms with Gasteiger partial charge in [0, 0.05) is 11.6 Å². The maximum Gasteiger partial charge on any atom is 0.433 e. The quantitative estimate of drug-likeness (QED) is 0.543. The first-order valence-electron chi connectivity index (χ1n) is 8.42. The normalized spacial score (nSPS) is 11.7. The van der Waals surface area contributed by atoms with E-state index in [9.17, 15) is 35.2 Å². The number of alkyl halides is 3. The highest BCUT2D eigenvalue weighted by Gasteiger charge is 2.34. The molecule has 1 heterocycles. The van der Waals surface area contributed by atoms with Crippen LogP contribution in [-0.2, 0) is 16.5 Å². The molecule has 0 fully saturated rings. The van der Waals surface area contributed by atoms with E-state index >= 15 is 0 Å². The fourth-order valence-electron chi connectivity index (χ4n) is 2.32. The van der Waals surface area contributed by atoms with Crippen molar-refractivity contribution in [2.24, 2.45) is 0 Å². The Hall–Kier alpha value is -3.81. The lowest BCUT2D eigenvalue weighted by molar-refractivity contribution is -0.141. The van der Waals surface area contributed by atoms with E-state index in [1.54, 1.807) is 5.32 Å². The van der Waals surface area contributed by atoms with Crippen LogP contribution in [0.2, 0.25) is 0 Å². The van der Waals surface area contributed by atoms with E-state index < -0.39 is 51.5 Å². The van der Waals surface area contributed by atoms with Gasteiger partial charge in [-0.2, -0.15) is 21.6 Å². The molecule has 0 saturated heterocycles. The number of nitrogens with one attached hydrogen (secondary N) is 2. The zero-order valence-corrected chi connectivity index (χ0v) is 16.3. The number of halogens is 5. The summed E-state index contributed by atoms with van der Waals surface area (Å²) in [5, 5.41) is 1.75. The minimum absolute atomic E-state index is 0.0739. The molecule has 0 bridgehead atoms. The lowest BCUT2D eigenvalue weighted by atomic mass is 10.1. The summed E-state index contributed by atoms with van der Waals surface area (Å²) < 4.78 is 95.4. The Bertz CT molecular complexity index is 1250. The van der Waals surface area contributed by atoms with Gasteiger partial charge in [0.25, 0.3) is 0 Å². The van der Waals surface area contributed by atoms with Gasteiger partial charge in [0.05, 0.1) is 5.69 Å². The van der Waals surface area contributed by atoms with Gasteiger partial charge in [0.2, 0.25) is 5.95 Å². The summed E-state index contributed by atoms with van der Waals surface area (Å²) >= 11 is 0. The Kier molecular flexibility index (Phi) is 6.25. The third kappa shape index (κ3) is 6.10. The van der Waals surface area contributed by atoms with Crippen molar-refractivity contribution in [2.75, 3.05) is 5.32 Å². The molecule has 0 saturated carbocycles. The van der Waals surface area contributed by atoms with Crippen LogP contribution in [0.3, 0.4) is 0 Å². The fraction of sp³-hybridized carbons (Fsp3) is 0.0556. The Labute approximate surface area is 177 Å². The molecule has 0 radical (unpaired) electrons. The average molecular weight is 474 g/mol. The first-order chi connectivity index (χ1) is 14.9. The molecule has 8 nitrogen and oxygen atoms in total. The molecule has 0 aliphatic carbocycles. The molecule has 3 rings (SSSR count). The molecule has 0 aliphatic heterocycles. The standard InChI is InChI=1S/C18H11F5N4O4S/c19-11-6-4-10(5-7-11)14-9-15(18(21,22)23)25-16(24-14)26-17(28)27-32(29,30)31-13-3-1-2-12(20)8-13/h1-9H,(H2,24,25,26,27,28). The largest absolute Gasteiger partial charge is 0.433 e. The van der Waals surface area contributed by atoms with Crippen LogP contribution in [0, 0.1) is 11.6 Å². The number of aromatic nitrogens is 2. The summed E-state index contributed by atoms with van der Waals surface area (Å²) in [6.07, 6.45) is -4.93. The van der Waals surface area contributed by atoms with Gasteiger partial charge in [-0.3, -0.25) is 5.32 Å². The lowest BCUT2D eigenvalue weighted by Crippen LogP contribution is -2.37. The molecule has 2 aromatic carbocycles. The van der Waals surface area contributed by atoms with Gasteiger partial charge in [0.15, 0.2) is 5.69 Å². The maximum atomic E-state index is 13.2. The predicted octanol–water partition coefficient (Wildman–Crippen LogP) is 3.89. The van der Waals surface area contributed by atoms with Crippen LogP contribution in [0.25, 0.3) is 11.3 Å². The molecular formula is C18H11F5N4O4S. The number of hydrogen-bond acceptors (Lipinski definition) is 6. The number of rotatable bonds is 5. The van der Waals surface area contributed by atoms with Crippen LogP contribution in [-0.4, -0.2) is 24.4 Å². The van der Waals surface area contributed by atoms with Gasteiger partial charge in [-0.25, -0.2) is 28.3 Å². The molecule has 2 N–H and O–H groups in total. The molecule has 32 heavy (non-hydrogen) atoms. The molecule has 168 valence electrons. The number of benzene rings is 2. The summed E-state index contributed by atoms with van der Waals surface area (Å²) in [6, 6.07) is 7.27. The van der Waals surface area contributed by atoms with Crippen LogP contribution in [0.1, 0.15) is 5.69 Å². The Morgan fingerprint density at radius 1 is 0.938 bits per heavy atom. The molecular weight excluding hydrogens is 463 g/mol. The number of carbonyl (C=O) groups is 1. The van der Waals surface area contributed by atoms with Crippen LogP contribution < -0.4 is 14.2 Å². The lowest BCUT2D eigenvalue weighted by Gasteiger charge is -2.12. The van der Waals surface area contributed by atoms with Crippen molar-refractivity contribution in [3.05, 3.63) is 71.9 Å². The van der Waals surface area contributed by atoms with Gasteiger partial charge in [-0.1, -0.05) is 6.07 Å².